The molecule has 7 nitrogen and oxygen atoms in total. The molecule has 0 atom stereocenters. The minimum Gasteiger partial charge on any atom is -0.461 e. The zero-order chi connectivity index (χ0) is 16.7. The second-order valence-corrected chi connectivity index (χ2v) is 5.07. The Morgan fingerprint density at radius 2 is 1.96 bits per heavy atom. The molecule has 0 aliphatic rings. The van der Waals surface area contributed by atoms with Crippen LogP contribution in [0.3, 0.4) is 0 Å². The first-order valence-corrected chi connectivity index (χ1v) is 7.79. The van der Waals surface area contributed by atoms with E-state index in [1.54, 1.807) is 35.1 Å². The van der Waals surface area contributed by atoms with Crippen LogP contribution in [0.1, 0.15) is 29.9 Å². The molecule has 2 rings (SSSR count). The molecule has 0 aliphatic heterocycles. The van der Waals surface area contributed by atoms with Gasteiger partial charge >= 0.3 is 5.97 Å². The largest absolute Gasteiger partial charge is 0.461 e. The van der Waals surface area contributed by atoms with Crippen molar-refractivity contribution < 1.29 is 9.53 Å². The van der Waals surface area contributed by atoms with Gasteiger partial charge in [-0.15, -0.1) is 5.10 Å². The summed E-state index contributed by atoms with van der Waals surface area (Å²) >= 11 is 0. The molecule has 1 aromatic heterocycles. The first-order chi connectivity index (χ1) is 11.2. The predicted octanol–water partition coefficient (Wildman–Crippen LogP) is 1.22. The van der Waals surface area contributed by atoms with E-state index >= 15 is 0 Å². The summed E-state index contributed by atoms with van der Waals surface area (Å²) in [6.45, 7) is 7.56. The lowest BCUT2D eigenvalue weighted by Gasteiger charge is -2.17. The standard InChI is InChI=1S/C16H23N5O2/c1-3-20(4-2)9-10-23-16(22)13-5-7-15(8-6-13)21-12-14(11-17)18-19-21/h5-8,12H,3-4,9-11,17H2,1-2H3. The molecule has 2 N–H and O–H groups in total. The van der Waals surface area contributed by atoms with E-state index in [1.165, 1.54) is 0 Å². The molecule has 1 aromatic carbocycles. The van der Waals surface area contributed by atoms with E-state index in [2.05, 4.69) is 29.1 Å². The number of hydrogen-bond acceptors (Lipinski definition) is 6. The van der Waals surface area contributed by atoms with E-state index in [4.69, 9.17) is 10.5 Å². The predicted molar refractivity (Wildman–Crippen MR) is 87.3 cm³/mol. The van der Waals surface area contributed by atoms with E-state index in [-0.39, 0.29) is 5.97 Å². The Kier molecular flexibility index (Phi) is 6.25. The molecule has 0 unspecified atom stereocenters. The molecule has 1 heterocycles. The van der Waals surface area contributed by atoms with Crippen molar-refractivity contribution >= 4 is 5.97 Å². The lowest BCUT2D eigenvalue weighted by molar-refractivity contribution is 0.0466. The van der Waals surface area contributed by atoms with Gasteiger partial charge in [-0.1, -0.05) is 19.1 Å². The van der Waals surface area contributed by atoms with Crippen LogP contribution in [0, 0.1) is 0 Å². The van der Waals surface area contributed by atoms with Gasteiger partial charge in [0.15, 0.2) is 0 Å². The Morgan fingerprint density at radius 1 is 1.26 bits per heavy atom. The van der Waals surface area contributed by atoms with Crippen molar-refractivity contribution in [2.45, 2.75) is 20.4 Å². The summed E-state index contributed by atoms with van der Waals surface area (Å²) in [6, 6.07) is 7.05. The number of benzene rings is 1. The topological polar surface area (TPSA) is 86.3 Å². The maximum atomic E-state index is 12.0. The zero-order valence-corrected chi connectivity index (χ0v) is 13.6. The van der Waals surface area contributed by atoms with Crippen LogP contribution in [0.25, 0.3) is 5.69 Å². The SMILES string of the molecule is CCN(CC)CCOC(=O)c1ccc(-n2cc(CN)nn2)cc1. The average molecular weight is 317 g/mol. The fraction of sp³-hybridized carbons (Fsp3) is 0.438. The molecule has 0 spiro atoms. The molecule has 124 valence electrons. The highest BCUT2D eigenvalue weighted by atomic mass is 16.5. The maximum Gasteiger partial charge on any atom is 0.338 e. The quantitative estimate of drug-likeness (QED) is 0.737. The third kappa shape index (κ3) is 4.61. The molecule has 0 bridgehead atoms. The Bertz CT molecular complexity index is 620. The van der Waals surface area contributed by atoms with E-state index in [0.29, 0.717) is 24.4 Å². The summed E-state index contributed by atoms with van der Waals surface area (Å²) in [5.41, 5.74) is 7.56. The van der Waals surface area contributed by atoms with Crippen LogP contribution in [0.5, 0.6) is 0 Å². The second-order valence-electron chi connectivity index (χ2n) is 5.07. The highest BCUT2D eigenvalue weighted by Gasteiger charge is 2.09. The molecule has 0 saturated heterocycles. The number of carbonyl (C=O) groups is 1. The average Bonchev–Trinajstić information content (AvgIpc) is 3.08. The lowest BCUT2D eigenvalue weighted by Crippen LogP contribution is -2.27. The van der Waals surface area contributed by atoms with Gasteiger partial charge in [-0.3, -0.25) is 0 Å². The fourth-order valence-corrected chi connectivity index (χ4v) is 2.16. The minimum absolute atomic E-state index is 0.315. The first-order valence-electron chi connectivity index (χ1n) is 7.79. The van der Waals surface area contributed by atoms with Crippen LogP contribution in [0.15, 0.2) is 30.5 Å². The maximum absolute atomic E-state index is 12.0. The number of aromatic nitrogens is 3. The number of rotatable bonds is 8. The number of hydrogen-bond donors (Lipinski definition) is 1. The lowest BCUT2D eigenvalue weighted by atomic mass is 10.2. The summed E-state index contributed by atoms with van der Waals surface area (Å²) in [7, 11) is 0. The summed E-state index contributed by atoms with van der Waals surface area (Å²) in [5.74, 6) is -0.315. The van der Waals surface area contributed by atoms with Crippen molar-refractivity contribution in [2.75, 3.05) is 26.2 Å². The molecular weight excluding hydrogens is 294 g/mol. The Hall–Kier alpha value is -2.25. The Labute approximate surface area is 136 Å². The van der Waals surface area contributed by atoms with Gasteiger partial charge in [-0.05, 0) is 37.4 Å². The van der Waals surface area contributed by atoms with Gasteiger partial charge in [-0.25, -0.2) is 9.48 Å². The van der Waals surface area contributed by atoms with Gasteiger partial charge < -0.3 is 15.4 Å². The van der Waals surface area contributed by atoms with E-state index in [1.807, 2.05) is 0 Å². The van der Waals surface area contributed by atoms with Crippen molar-refractivity contribution in [3.05, 3.63) is 41.7 Å². The number of ether oxygens (including phenoxy) is 1. The van der Waals surface area contributed by atoms with Crippen molar-refractivity contribution in [1.82, 2.24) is 19.9 Å². The monoisotopic (exact) mass is 317 g/mol. The van der Waals surface area contributed by atoms with Crippen LogP contribution in [-0.2, 0) is 11.3 Å². The second kappa shape index (κ2) is 8.40. The van der Waals surface area contributed by atoms with Gasteiger partial charge in [0.05, 0.1) is 23.1 Å². The van der Waals surface area contributed by atoms with E-state index < -0.39 is 0 Å². The number of nitrogens with zero attached hydrogens (tertiary/aromatic N) is 4. The summed E-state index contributed by atoms with van der Waals surface area (Å²) in [6.07, 6.45) is 1.76. The van der Waals surface area contributed by atoms with Crippen molar-refractivity contribution in [3.8, 4) is 5.69 Å². The highest BCUT2D eigenvalue weighted by Crippen LogP contribution is 2.10. The number of carbonyl (C=O) groups excluding carboxylic acids is 1. The summed E-state index contributed by atoms with van der Waals surface area (Å²) in [4.78, 5) is 14.2. The Balaban J connectivity index is 1.92. The molecule has 0 aliphatic carbocycles. The van der Waals surface area contributed by atoms with E-state index in [0.717, 1.165) is 25.3 Å². The van der Waals surface area contributed by atoms with Gasteiger partial charge in [0.2, 0.25) is 0 Å². The van der Waals surface area contributed by atoms with Crippen LogP contribution in [0.2, 0.25) is 0 Å². The molecule has 0 saturated carbocycles. The molecule has 0 amide bonds. The normalized spacial score (nSPS) is 11.0. The molecule has 2 aromatic rings. The fourth-order valence-electron chi connectivity index (χ4n) is 2.16. The van der Waals surface area contributed by atoms with Gasteiger partial charge in [-0.2, -0.15) is 0 Å². The van der Waals surface area contributed by atoms with Crippen molar-refractivity contribution in [2.24, 2.45) is 5.73 Å². The third-order valence-corrected chi connectivity index (χ3v) is 3.65. The van der Waals surface area contributed by atoms with Crippen LogP contribution in [0.4, 0.5) is 0 Å². The number of nitrogens with two attached hydrogens (primary N) is 1. The zero-order valence-electron chi connectivity index (χ0n) is 13.6. The molecule has 23 heavy (non-hydrogen) atoms. The number of esters is 1. The molecule has 0 fully saturated rings. The van der Waals surface area contributed by atoms with Crippen LogP contribution < -0.4 is 5.73 Å². The van der Waals surface area contributed by atoms with Crippen molar-refractivity contribution in [3.63, 3.8) is 0 Å². The molecule has 7 heteroatoms. The first kappa shape index (κ1) is 17.1. The molecule has 0 radical (unpaired) electrons. The van der Waals surface area contributed by atoms with Crippen LogP contribution in [-0.4, -0.2) is 52.1 Å². The van der Waals surface area contributed by atoms with Crippen molar-refractivity contribution in [1.29, 1.82) is 0 Å². The summed E-state index contributed by atoms with van der Waals surface area (Å²) < 4.78 is 6.92. The molecular formula is C16H23N5O2. The van der Waals surface area contributed by atoms with Gasteiger partial charge in [0.25, 0.3) is 0 Å². The van der Waals surface area contributed by atoms with E-state index in [9.17, 15) is 4.79 Å². The van der Waals surface area contributed by atoms with Gasteiger partial charge in [0.1, 0.15) is 6.61 Å². The number of likely N-dealkylation sites (N-methyl/N-ethyl adjacent to an activating group) is 1. The summed E-state index contributed by atoms with van der Waals surface area (Å²) in [5, 5.41) is 7.92. The highest BCUT2D eigenvalue weighted by molar-refractivity contribution is 5.89. The minimum atomic E-state index is -0.315. The van der Waals surface area contributed by atoms with Crippen LogP contribution >= 0.6 is 0 Å². The smallest absolute Gasteiger partial charge is 0.338 e. The third-order valence-electron chi connectivity index (χ3n) is 3.65. The van der Waals surface area contributed by atoms with Gasteiger partial charge in [0, 0.05) is 13.1 Å². The Morgan fingerprint density at radius 3 is 2.52 bits per heavy atom.